The fraction of sp³-hybridized carbons (Fsp3) is 0.500. The molecule has 0 spiro atoms. The molecule has 0 aromatic heterocycles. The van der Waals surface area contributed by atoms with Gasteiger partial charge >= 0.3 is 0 Å². The summed E-state index contributed by atoms with van der Waals surface area (Å²) in [5.74, 6) is 5.94. The van der Waals surface area contributed by atoms with Crippen LogP contribution < -0.4 is 0 Å². The Morgan fingerprint density at radius 2 is 2.00 bits per heavy atom. The zero-order valence-corrected chi connectivity index (χ0v) is 13.7. The quantitative estimate of drug-likeness (QED) is 0.868. The van der Waals surface area contributed by atoms with Gasteiger partial charge in [0.25, 0.3) is 5.91 Å². The van der Waals surface area contributed by atoms with E-state index in [1.807, 2.05) is 32.2 Å². The molecule has 114 valence electrons. The van der Waals surface area contributed by atoms with Crippen molar-refractivity contribution in [3.8, 4) is 11.8 Å². The first-order chi connectivity index (χ1) is 9.76. The average Bonchev–Trinajstić information content (AvgIpc) is 2.38. The molecule has 0 atom stereocenters. The number of aliphatic hydroxyl groups is 1. The molecule has 0 unspecified atom stereocenters. The predicted molar refractivity (Wildman–Crippen MR) is 86.2 cm³/mol. The number of benzene rings is 1. The van der Waals surface area contributed by atoms with Crippen molar-refractivity contribution in [1.29, 1.82) is 0 Å². The summed E-state index contributed by atoms with van der Waals surface area (Å²) < 4.78 is 0. The average molecular weight is 287 g/mol. The van der Waals surface area contributed by atoms with Gasteiger partial charge in [-0.2, -0.15) is 0 Å². The zero-order valence-electron chi connectivity index (χ0n) is 13.7. The minimum atomic E-state index is 0.0215. The Bertz CT molecular complexity index is 559. The first-order valence-electron chi connectivity index (χ1n) is 7.21. The van der Waals surface area contributed by atoms with Crippen LogP contribution in [-0.2, 0) is 0 Å². The van der Waals surface area contributed by atoms with E-state index in [0.29, 0.717) is 18.5 Å². The van der Waals surface area contributed by atoms with Crippen molar-refractivity contribution in [2.75, 3.05) is 20.2 Å². The first kappa shape index (κ1) is 17.3. The molecule has 0 heterocycles. The van der Waals surface area contributed by atoms with Crippen molar-refractivity contribution in [3.63, 3.8) is 0 Å². The van der Waals surface area contributed by atoms with Crippen molar-refractivity contribution in [2.45, 2.75) is 34.1 Å². The maximum Gasteiger partial charge on any atom is 0.253 e. The molecular formula is C18H25NO2. The minimum Gasteiger partial charge on any atom is -0.395 e. The summed E-state index contributed by atoms with van der Waals surface area (Å²) in [4.78, 5) is 14.3. The van der Waals surface area contributed by atoms with Gasteiger partial charge in [-0.05, 0) is 30.0 Å². The molecule has 1 aromatic carbocycles. The molecule has 21 heavy (non-hydrogen) atoms. The highest BCUT2D eigenvalue weighted by atomic mass is 16.2. The summed E-state index contributed by atoms with van der Waals surface area (Å²) in [6.45, 7) is 9.01. The number of carbonyl (C=O) groups is 1. The number of hydrogen-bond donors (Lipinski definition) is 1. The van der Waals surface area contributed by atoms with Crippen LogP contribution in [0.15, 0.2) is 18.2 Å². The molecule has 0 bridgehead atoms. The van der Waals surface area contributed by atoms with Gasteiger partial charge in [-0.25, -0.2) is 0 Å². The molecule has 1 amide bonds. The van der Waals surface area contributed by atoms with Gasteiger partial charge in [0.1, 0.15) is 0 Å². The Kier molecular flexibility index (Phi) is 5.99. The third-order valence-electron chi connectivity index (χ3n) is 3.08. The van der Waals surface area contributed by atoms with E-state index in [-0.39, 0.29) is 17.9 Å². The van der Waals surface area contributed by atoms with Crippen molar-refractivity contribution in [1.82, 2.24) is 4.90 Å². The maximum absolute atomic E-state index is 12.6. The molecule has 0 fully saturated rings. The molecule has 0 saturated carbocycles. The van der Waals surface area contributed by atoms with E-state index in [9.17, 15) is 4.79 Å². The Morgan fingerprint density at radius 3 is 2.57 bits per heavy atom. The van der Waals surface area contributed by atoms with E-state index < -0.39 is 0 Å². The van der Waals surface area contributed by atoms with Crippen LogP contribution in [0.1, 0.15) is 48.7 Å². The Labute approximate surface area is 128 Å². The second-order valence-corrected chi connectivity index (χ2v) is 6.48. The van der Waals surface area contributed by atoms with Crippen molar-refractivity contribution in [2.24, 2.45) is 5.41 Å². The topological polar surface area (TPSA) is 40.5 Å². The third-order valence-corrected chi connectivity index (χ3v) is 3.08. The summed E-state index contributed by atoms with van der Waals surface area (Å²) in [6.07, 6.45) is 0.446. The Balaban J connectivity index is 3.01. The van der Waals surface area contributed by atoms with Crippen molar-refractivity contribution < 1.29 is 9.90 Å². The second-order valence-electron chi connectivity index (χ2n) is 6.48. The lowest BCUT2D eigenvalue weighted by Crippen LogP contribution is -2.34. The first-order valence-corrected chi connectivity index (χ1v) is 7.21. The second kappa shape index (κ2) is 7.28. The van der Waals surface area contributed by atoms with Crippen LogP contribution in [0.4, 0.5) is 0 Å². The van der Waals surface area contributed by atoms with E-state index in [0.717, 1.165) is 11.1 Å². The fourth-order valence-corrected chi connectivity index (χ4v) is 2.21. The smallest absolute Gasteiger partial charge is 0.253 e. The molecule has 0 aliphatic rings. The van der Waals surface area contributed by atoms with Gasteiger partial charge < -0.3 is 10.0 Å². The lowest BCUT2D eigenvalue weighted by atomic mass is 9.95. The third kappa shape index (κ3) is 5.24. The summed E-state index contributed by atoms with van der Waals surface area (Å²) in [5.41, 5.74) is 2.50. The van der Waals surface area contributed by atoms with Gasteiger partial charge in [-0.3, -0.25) is 4.79 Å². The molecule has 0 radical (unpaired) electrons. The number of aliphatic hydroxyl groups excluding tert-OH is 1. The summed E-state index contributed by atoms with van der Waals surface area (Å²) >= 11 is 0. The predicted octanol–water partition coefficient (Wildman–Crippen LogP) is 2.85. The molecule has 1 aromatic rings. The number of amides is 1. The molecule has 0 aliphatic heterocycles. The van der Waals surface area contributed by atoms with Crippen molar-refractivity contribution >= 4 is 5.91 Å². The molecule has 3 nitrogen and oxygen atoms in total. The van der Waals surface area contributed by atoms with Gasteiger partial charge in [0, 0.05) is 31.1 Å². The largest absolute Gasteiger partial charge is 0.395 e. The van der Waals surface area contributed by atoms with Gasteiger partial charge in [0.2, 0.25) is 0 Å². The minimum absolute atomic E-state index is 0.0215. The molecule has 3 heteroatoms. The number of rotatable bonds is 3. The van der Waals surface area contributed by atoms with Gasteiger partial charge in [0.15, 0.2) is 0 Å². The fourth-order valence-electron chi connectivity index (χ4n) is 2.21. The maximum atomic E-state index is 12.6. The summed E-state index contributed by atoms with van der Waals surface area (Å²) in [7, 11) is 1.83. The van der Waals surface area contributed by atoms with Crippen molar-refractivity contribution in [3.05, 3.63) is 34.9 Å². The van der Waals surface area contributed by atoms with Crippen LogP contribution >= 0.6 is 0 Å². The summed E-state index contributed by atoms with van der Waals surface area (Å²) in [6, 6.07) is 5.60. The number of nitrogens with zero attached hydrogens (tertiary/aromatic N) is 1. The van der Waals surface area contributed by atoms with Crippen LogP contribution in [0.25, 0.3) is 0 Å². The zero-order chi connectivity index (χ0) is 16.0. The monoisotopic (exact) mass is 287 g/mol. The number of hydrogen-bond acceptors (Lipinski definition) is 2. The summed E-state index contributed by atoms with van der Waals surface area (Å²) in [5, 5.41) is 8.77. The standard InChI is InChI=1S/C18H25NO2/c1-14-15(9-6-7-12-20)10-8-11-16(14)17(21)19(5)13-18(2,3)4/h8,10-11,20H,7,12-13H2,1-5H3. The van der Waals surface area contributed by atoms with Gasteiger partial charge in [-0.15, -0.1) is 0 Å². The lowest BCUT2D eigenvalue weighted by Gasteiger charge is -2.27. The van der Waals surface area contributed by atoms with E-state index in [1.165, 1.54) is 0 Å². The highest BCUT2D eigenvalue weighted by Crippen LogP contribution is 2.19. The lowest BCUT2D eigenvalue weighted by molar-refractivity contribution is 0.0745. The highest BCUT2D eigenvalue weighted by Gasteiger charge is 2.20. The van der Waals surface area contributed by atoms with Crippen LogP contribution in [-0.4, -0.2) is 36.1 Å². The van der Waals surface area contributed by atoms with Crippen LogP contribution in [0.5, 0.6) is 0 Å². The number of carbonyl (C=O) groups excluding carboxylic acids is 1. The van der Waals surface area contributed by atoms with E-state index >= 15 is 0 Å². The van der Waals surface area contributed by atoms with Gasteiger partial charge in [-0.1, -0.05) is 38.7 Å². The Morgan fingerprint density at radius 1 is 1.33 bits per heavy atom. The van der Waals surface area contributed by atoms with E-state index in [2.05, 4.69) is 32.6 Å². The van der Waals surface area contributed by atoms with Gasteiger partial charge in [0.05, 0.1) is 6.61 Å². The normalized spacial score (nSPS) is 10.8. The van der Waals surface area contributed by atoms with Crippen LogP contribution in [0, 0.1) is 24.2 Å². The van der Waals surface area contributed by atoms with E-state index in [1.54, 1.807) is 4.90 Å². The molecule has 0 saturated heterocycles. The molecular weight excluding hydrogens is 262 g/mol. The van der Waals surface area contributed by atoms with Crippen LogP contribution in [0.2, 0.25) is 0 Å². The molecule has 0 aliphatic carbocycles. The van der Waals surface area contributed by atoms with Crippen LogP contribution in [0.3, 0.4) is 0 Å². The SMILES string of the molecule is Cc1c(C#CCCO)cccc1C(=O)N(C)CC(C)(C)C. The Hall–Kier alpha value is -1.79. The molecule has 1 N–H and O–H groups in total. The molecule has 1 rings (SSSR count). The highest BCUT2D eigenvalue weighted by molar-refractivity contribution is 5.96. The van der Waals surface area contributed by atoms with E-state index in [4.69, 9.17) is 5.11 Å².